The van der Waals surface area contributed by atoms with E-state index in [1.54, 1.807) is 7.05 Å². The van der Waals surface area contributed by atoms with Crippen LogP contribution in [0.5, 0.6) is 0 Å². The first kappa shape index (κ1) is 24.8. The summed E-state index contributed by atoms with van der Waals surface area (Å²) in [6.07, 6.45) is 0. The Hall–Kier alpha value is -2.25. The number of halogens is 1. The molecule has 158 valence electrons. The number of nitro benzene ring substituents is 1. The van der Waals surface area contributed by atoms with Crippen LogP contribution in [0.25, 0.3) is 0 Å². The van der Waals surface area contributed by atoms with Crippen molar-refractivity contribution in [2.24, 2.45) is 4.99 Å². The number of nitro groups is 1. The molecule has 0 aliphatic heterocycles. The number of benzene rings is 2. The minimum atomic E-state index is -3.84. The van der Waals surface area contributed by atoms with Gasteiger partial charge in [-0.15, -0.1) is 24.0 Å². The lowest BCUT2D eigenvalue weighted by molar-refractivity contribution is -0.385. The zero-order valence-electron chi connectivity index (χ0n) is 16.1. The normalized spacial score (nSPS) is 11.4. The second-order valence-corrected chi connectivity index (χ2v) is 7.70. The van der Waals surface area contributed by atoms with Crippen LogP contribution in [0.2, 0.25) is 0 Å². The SMILES string of the molecule is CN=C(NCCNS(=O)(=O)c1cccc([N+](=O)[O-])c1)NCc1ccccc1C.I. The maximum Gasteiger partial charge on any atom is 0.270 e. The van der Waals surface area contributed by atoms with Gasteiger partial charge in [-0.3, -0.25) is 15.1 Å². The van der Waals surface area contributed by atoms with Gasteiger partial charge in [-0.1, -0.05) is 30.3 Å². The number of guanidine groups is 1. The van der Waals surface area contributed by atoms with Crippen LogP contribution in [-0.4, -0.2) is 39.4 Å². The van der Waals surface area contributed by atoms with E-state index >= 15 is 0 Å². The van der Waals surface area contributed by atoms with Crippen LogP contribution in [0, 0.1) is 17.0 Å². The first-order valence-corrected chi connectivity index (χ1v) is 10.0. The van der Waals surface area contributed by atoms with Crippen molar-refractivity contribution >= 4 is 45.6 Å². The molecule has 9 nitrogen and oxygen atoms in total. The van der Waals surface area contributed by atoms with Crippen molar-refractivity contribution in [3.05, 3.63) is 69.8 Å². The monoisotopic (exact) mass is 533 g/mol. The Morgan fingerprint density at radius 3 is 2.48 bits per heavy atom. The number of sulfonamides is 1. The highest BCUT2D eigenvalue weighted by Crippen LogP contribution is 2.16. The topological polar surface area (TPSA) is 126 Å². The molecule has 0 heterocycles. The fourth-order valence-electron chi connectivity index (χ4n) is 2.42. The molecule has 0 bridgehead atoms. The van der Waals surface area contributed by atoms with E-state index in [9.17, 15) is 18.5 Å². The Labute approximate surface area is 187 Å². The third kappa shape index (κ3) is 7.59. The van der Waals surface area contributed by atoms with E-state index in [-0.39, 0.29) is 41.1 Å². The molecule has 0 aliphatic carbocycles. The zero-order valence-corrected chi connectivity index (χ0v) is 19.2. The van der Waals surface area contributed by atoms with Crippen LogP contribution in [0.3, 0.4) is 0 Å². The average Bonchev–Trinajstić information content (AvgIpc) is 2.68. The molecule has 29 heavy (non-hydrogen) atoms. The summed E-state index contributed by atoms with van der Waals surface area (Å²) in [6, 6.07) is 12.9. The zero-order chi connectivity index (χ0) is 20.6. The van der Waals surface area contributed by atoms with Crippen LogP contribution in [0.1, 0.15) is 11.1 Å². The third-order valence-electron chi connectivity index (χ3n) is 3.98. The summed E-state index contributed by atoms with van der Waals surface area (Å²) in [5.41, 5.74) is 2.02. The molecule has 0 aromatic heterocycles. The van der Waals surface area contributed by atoms with Gasteiger partial charge in [-0.25, -0.2) is 13.1 Å². The summed E-state index contributed by atoms with van der Waals surface area (Å²) < 4.78 is 26.9. The minimum absolute atomic E-state index is 0. The van der Waals surface area contributed by atoms with Crippen molar-refractivity contribution in [1.82, 2.24) is 15.4 Å². The smallest absolute Gasteiger partial charge is 0.270 e. The van der Waals surface area contributed by atoms with Crippen molar-refractivity contribution < 1.29 is 13.3 Å². The predicted molar refractivity (Wildman–Crippen MR) is 123 cm³/mol. The maximum atomic E-state index is 12.3. The van der Waals surface area contributed by atoms with Crippen LogP contribution in [-0.2, 0) is 16.6 Å². The largest absolute Gasteiger partial charge is 0.355 e. The Balaban J connectivity index is 0.00000420. The number of aryl methyl sites for hydroxylation is 1. The number of aliphatic imine (C=N–C) groups is 1. The van der Waals surface area contributed by atoms with Gasteiger partial charge in [0, 0.05) is 38.8 Å². The van der Waals surface area contributed by atoms with Crippen LogP contribution in [0.15, 0.2) is 58.4 Å². The molecular weight excluding hydrogens is 509 g/mol. The average molecular weight is 533 g/mol. The van der Waals surface area contributed by atoms with E-state index in [0.29, 0.717) is 19.0 Å². The second-order valence-electron chi connectivity index (χ2n) is 5.93. The number of non-ortho nitro benzene ring substituents is 1. The Morgan fingerprint density at radius 1 is 1.10 bits per heavy atom. The van der Waals surface area contributed by atoms with Crippen LogP contribution >= 0.6 is 24.0 Å². The van der Waals surface area contributed by atoms with Crippen molar-refractivity contribution in [2.75, 3.05) is 20.1 Å². The van der Waals surface area contributed by atoms with Crippen molar-refractivity contribution in [1.29, 1.82) is 0 Å². The lowest BCUT2D eigenvalue weighted by atomic mass is 10.1. The lowest BCUT2D eigenvalue weighted by Gasteiger charge is -2.13. The molecule has 0 spiro atoms. The van der Waals surface area contributed by atoms with Gasteiger partial charge in [-0.2, -0.15) is 0 Å². The van der Waals surface area contributed by atoms with Gasteiger partial charge in [0.25, 0.3) is 5.69 Å². The highest BCUT2D eigenvalue weighted by molar-refractivity contribution is 14.0. The van der Waals surface area contributed by atoms with E-state index in [1.807, 2.05) is 31.2 Å². The molecule has 0 atom stereocenters. The predicted octanol–water partition coefficient (Wildman–Crippen LogP) is 2.16. The summed E-state index contributed by atoms with van der Waals surface area (Å²) >= 11 is 0. The first-order chi connectivity index (χ1) is 13.3. The summed E-state index contributed by atoms with van der Waals surface area (Å²) in [4.78, 5) is 14.1. The highest BCUT2D eigenvalue weighted by Gasteiger charge is 2.17. The van der Waals surface area contributed by atoms with Crippen molar-refractivity contribution in [2.45, 2.75) is 18.4 Å². The van der Waals surface area contributed by atoms with Crippen molar-refractivity contribution in [3.63, 3.8) is 0 Å². The van der Waals surface area contributed by atoms with Gasteiger partial charge < -0.3 is 10.6 Å². The molecular formula is C18H24IN5O4S. The summed E-state index contributed by atoms with van der Waals surface area (Å²) in [5.74, 6) is 0.540. The van der Waals surface area contributed by atoms with E-state index in [1.165, 1.54) is 18.2 Å². The van der Waals surface area contributed by atoms with Crippen LogP contribution in [0.4, 0.5) is 5.69 Å². The molecule has 0 fully saturated rings. The fourth-order valence-corrected chi connectivity index (χ4v) is 3.49. The first-order valence-electron chi connectivity index (χ1n) is 8.56. The third-order valence-corrected chi connectivity index (χ3v) is 5.44. The van der Waals surface area contributed by atoms with Gasteiger partial charge in [-0.05, 0) is 24.1 Å². The minimum Gasteiger partial charge on any atom is -0.355 e. The molecule has 0 saturated carbocycles. The number of hydrogen-bond acceptors (Lipinski definition) is 5. The molecule has 11 heteroatoms. The summed E-state index contributed by atoms with van der Waals surface area (Å²) in [5, 5.41) is 17.0. The van der Waals surface area contributed by atoms with E-state index in [2.05, 4.69) is 20.3 Å². The molecule has 3 N–H and O–H groups in total. The van der Waals surface area contributed by atoms with Crippen LogP contribution < -0.4 is 15.4 Å². The van der Waals surface area contributed by atoms with E-state index < -0.39 is 14.9 Å². The fraction of sp³-hybridized carbons (Fsp3) is 0.278. The molecule has 2 rings (SSSR count). The van der Waals surface area contributed by atoms with E-state index in [4.69, 9.17) is 0 Å². The summed E-state index contributed by atoms with van der Waals surface area (Å²) in [7, 11) is -2.21. The van der Waals surface area contributed by atoms with Crippen molar-refractivity contribution in [3.8, 4) is 0 Å². The number of hydrogen-bond donors (Lipinski definition) is 3. The maximum absolute atomic E-state index is 12.3. The number of rotatable bonds is 8. The summed E-state index contributed by atoms with van der Waals surface area (Å²) in [6.45, 7) is 3.00. The van der Waals surface area contributed by atoms with Gasteiger partial charge in [0.1, 0.15) is 0 Å². The molecule has 2 aromatic rings. The lowest BCUT2D eigenvalue weighted by Crippen LogP contribution is -2.41. The molecule has 2 aromatic carbocycles. The second kappa shape index (κ2) is 11.7. The Kier molecular flexibility index (Phi) is 9.98. The van der Waals surface area contributed by atoms with Gasteiger partial charge in [0.2, 0.25) is 10.0 Å². The standard InChI is InChI=1S/C18H23N5O4S.HI/c1-14-6-3-4-7-15(14)13-21-18(19-2)20-10-11-22-28(26,27)17-9-5-8-16(12-17)23(24)25;/h3-9,12,22H,10-11,13H2,1-2H3,(H2,19,20,21);1H. The molecule has 0 aliphatic rings. The quantitative estimate of drug-likeness (QED) is 0.119. The molecule has 0 unspecified atom stereocenters. The molecule has 0 radical (unpaired) electrons. The highest BCUT2D eigenvalue weighted by atomic mass is 127. The molecule has 0 saturated heterocycles. The Bertz CT molecular complexity index is 966. The molecule has 0 amide bonds. The van der Waals surface area contributed by atoms with Gasteiger partial charge in [0.05, 0.1) is 9.82 Å². The van der Waals surface area contributed by atoms with Gasteiger partial charge in [0.15, 0.2) is 5.96 Å². The van der Waals surface area contributed by atoms with Gasteiger partial charge >= 0.3 is 0 Å². The van der Waals surface area contributed by atoms with E-state index in [0.717, 1.165) is 17.2 Å². The number of nitrogens with one attached hydrogen (secondary N) is 3. The number of nitrogens with zero attached hydrogens (tertiary/aromatic N) is 2. The Morgan fingerprint density at radius 2 is 1.83 bits per heavy atom.